The molecule has 0 saturated heterocycles. The highest BCUT2D eigenvalue weighted by molar-refractivity contribution is 5.97. The largest absolute Gasteiger partial charge is 0.274 e. The molecule has 0 aliphatic heterocycles. The first-order valence-electron chi connectivity index (χ1n) is 8.16. The summed E-state index contributed by atoms with van der Waals surface area (Å²) in [6, 6.07) is 2.53. The number of hydrogen-bond acceptors (Lipinski definition) is 4. The molecule has 6 heteroatoms. The maximum absolute atomic E-state index is 12.5. The molecule has 0 spiro atoms. The van der Waals surface area contributed by atoms with Crippen molar-refractivity contribution in [1.82, 2.24) is 9.13 Å². The highest BCUT2D eigenvalue weighted by Crippen LogP contribution is 2.16. The van der Waals surface area contributed by atoms with Crippen LogP contribution in [0.5, 0.6) is 0 Å². The Kier molecular flexibility index (Phi) is 3.78. The molecule has 0 fully saturated rings. The van der Waals surface area contributed by atoms with Crippen LogP contribution in [0.4, 0.5) is 0 Å². The molecule has 0 bridgehead atoms. The van der Waals surface area contributed by atoms with Crippen LogP contribution >= 0.6 is 0 Å². The molecule has 1 aromatic carbocycles. The van der Waals surface area contributed by atoms with E-state index in [4.69, 9.17) is 0 Å². The molecule has 0 atom stereocenters. The Morgan fingerprint density at radius 3 is 1.54 bits per heavy atom. The van der Waals surface area contributed by atoms with Gasteiger partial charge >= 0.3 is 0 Å². The van der Waals surface area contributed by atoms with Crippen LogP contribution < -0.4 is 22.2 Å². The second kappa shape index (κ2) is 5.54. The van der Waals surface area contributed by atoms with Gasteiger partial charge in [-0.25, -0.2) is 0 Å². The van der Waals surface area contributed by atoms with E-state index in [0.717, 1.165) is 4.57 Å². The van der Waals surface area contributed by atoms with E-state index in [0.29, 0.717) is 18.9 Å². The zero-order valence-electron chi connectivity index (χ0n) is 14.3. The highest BCUT2D eigenvalue weighted by atomic mass is 16.2. The van der Waals surface area contributed by atoms with E-state index in [1.165, 1.54) is 16.7 Å². The van der Waals surface area contributed by atoms with Crippen molar-refractivity contribution in [2.45, 2.75) is 46.7 Å². The molecular weight excluding hydrogens is 308 g/mol. The lowest BCUT2D eigenvalue weighted by Crippen LogP contribution is -2.27. The summed E-state index contributed by atoms with van der Waals surface area (Å²) in [4.78, 5) is 49.9. The molecule has 24 heavy (non-hydrogen) atoms. The Balaban J connectivity index is 2.36. The summed E-state index contributed by atoms with van der Waals surface area (Å²) in [5.74, 6) is 0.363. The van der Waals surface area contributed by atoms with Gasteiger partial charge in [0.15, 0.2) is 0 Å². The average molecular weight is 328 g/mol. The molecule has 3 aromatic rings. The Hall–Kier alpha value is -2.50. The fourth-order valence-electron chi connectivity index (χ4n) is 3.10. The number of nitrogens with zero attached hydrogens (tertiary/aromatic N) is 2. The zero-order valence-corrected chi connectivity index (χ0v) is 14.3. The normalized spacial score (nSPS) is 12.2. The fourth-order valence-corrected chi connectivity index (χ4v) is 3.10. The van der Waals surface area contributed by atoms with Crippen LogP contribution in [-0.2, 0) is 6.54 Å². The van der Waals surface area contributed by atoms with Gasteiger partial charge < -0.3 is 0 Å². The van der Waals surface area contributed by atoms with Crippen molar-refractivity contribution in [1.29, 1.82) is 0 Å². The summed E-state index contributed by atoms with van der Waals surface area (Å²) in [7, 11) is 0. The molecular formula is C18H20N2O4. The molecule has 2 aromatic heterocycles. The van der Waals surface area contributed by atoms with Crippen molar-refractivity contribution >= 4 is 21.5 Å². The van der Waals surface area contributed by atoms with Gasteiger partial charge in [-0.05, 0) is 38.3 Å². The zero-order chi connectivity index (χ0) is 17.8. The Labute approximate surface area is 137 Å². The molecule has 2 heterocycles. The molecule has 6 nitrogen and oxygen atoms in total. The molecule has 3 rings (SSSR count). The van der Waals surface area contributed by atoms with Crippen molar-refractivity contribution in [3.05, 3.63) is 53.5 Å². The second-order valence-corrected chi connectivity index (χ2v) is 6.96. The van der Waals surface area contributed by atoms with Gasteiger partial charge in [-0.15, -0.1) is 0 Å². The van der Waals surface area contributed by atoms with Crippen molar-refractivity contribution in [3.63, 3.8) is 0 Å². The van der Waals surface area contributed by atoms with E-state index >= 15 is 0 Å². The first kappa shape index (κ1) is 16.4. The lowest BCUT2D eigenvalue weighted by molar-refractivity contribution is 0.506. The minimum Gasteiger partial charge on any atom is -0.274 e. The molecule has 0 saturated carbocycles. The van der Waals surface area contributed by atoms with Gasteiger partial charge in [0, 0.05) is 12.6 Å². The number of fused-ring (bicyclic) bond motifs is 2. The molecule has 0 unspecified atom stereocenters. The number of aromatic nitrogens is 2. The van der Waals surface area contributed by atoms with Gasteiger partial charge in [0.25, 0.3) is 22.2 Å². The van der Waals surface area contributed by atoms with E-state index in [-0.39, 0.29) is 38.7 Å². The minimum atomic E-state index is -0.409. The van der Waals surface area contributed by atoms with Gasteiger partial charge in [-0.3, -0.25) is 28.3 Å². The lowest BCUT2D eigenvalue weighted by atomic mass is 10.1. The summed E-state index contributed by atoms with van der Waals surface area (Å²) < 4.78 is 2.36. The van der Waals surface area contributed by atoms with Crippen molar-refractivity contribution in [2.24, 2.45) is 5.92 Å². The third-order valence-electron chi connectivity index (χ3n) is 4.45. The number of rotatable bonds is 4. The van der Waals surface area contributed by atoms with Gasteiger partial charge in [-0.1, -0.05) is 13.8 Å². The fraction of sp³-hybridized carbons (Fsp3) is 0.444. The minimum absolute atomic E-state index is 0.208. The maximum atomic E-state index is 12.5. The van der Waals surface area contributed by atoms with Crippen molar-refractivity contribution in [3.8, 4) is 0 Å². The van der Waals surface area contributed by atoms with E-state index in [1.807, 2.05) is 13.8 Å². The van der Waals surface area contributed by atoms with Gasteiger partial charge in [0.05, 0.1) is 21.5 Å². The number of hydrogen-bond donors (Lipinski definition) is 0. The molecule has 0 radical (unpaired) electrons. The standard InChI is InChI=1S/C18H20N2O4/c1-9(2)5-6-19-15(21)11-7-13-14(8-12(11)16(19)22)18(24)20(10(3)4)17(13)23/h7-10H,5-6H2,1-4H3. The Morgan fingerprint density at radius 1 is 0.750 bits per heavy atom. The monoisotopic (exact) mass is 328 g/mol. The van der Waals surface area contributed by atoms with E-state index in [1.54, 1.807) is 13.8 Å². The summed E-state index contributed by atoms with van der Waals surface area (Å²) in [5.41, 5.74) is -1.59. The van der Waals surface area contributed by atoms with Crippen LogP contribution in [-0.4, -0.2) is 9.13 Å². The first-order valence-corrected chi connectivity index (χ1v) is 8.16. The molecule has 0 aliphatic carbocycles. The molecule has 0 amide bonds. The molecule has 0 N–H and O–H groups in total. The SMILES string of the molecule is CC(C)CCn1c(=O)c2cc3c(=O)n(C(C)C)c(=O)c3cc2c1=O. The van der Waals surface area contributed by atoms with Crippen LogP contribution in [0.1, 0.15) is 40.2 Å². The maximum Gasteiger partial charge on any atom is 0.261 e. The Morgan fingerprint density at radius 2 is 1.17 bits per heavy atom. The van der Waals surface area contributed by atoms with Crippen molar-refractivity contribution < 1.29 is 0 Å². The second-order valence-electron chi connectivity index (χ2n) is 6.96. The highest BCUT2D eigenvalue weighted by Gasteiger charge is 2.20. The Bertz CT molecular complexity index is 1060. The van der Waals surface area contributed by atoms with E-state index in [9.17, 15) is 19.2 Å². The summed E-state index contributed by atoms with van der Waals surface area (Å²) in [5, 5.41) is 0.849. The lowest BCUT2D eigenvalue weighted by Gasteiger charge is -2.03. The predicted molar refractivity (Wildman–Crippen MR) is 94.7 cm³/mol. The third-order valence-corrected chi connectivity index (χ3v) is 4.45. The van der Waals surface area contributed by atoms with Crippen LogP contribution in [0.15, 0.2) is 31.3 Å². The van der Waals surface area contributed by atoms with E-state index < -0.39 is 11.1 Å². The first-order chi connectivity index (χ1) is 11.2. The van der Waals surface area contributed by atoms with Crippen LogP contribution in [0, 0.1) is 5.92 Å². The van der Waals surface area contributed by atoms with E-state index in [2.05, 4.69) is 0 Å². The molecule has 126 valence electrons. The van der Waals surface area contributed by atoms with Crippen LogP contribution in [0.25, 0.3) is 21.5 Å². The van der Waals surface area contributed by atoms with Gasteiger partial charge in [0.2, 0.25) is 0 Å². The summed E-state index contributed by atoms with van der Waals surface area (Å²) >= 11 is 0. The van der Waals surface area contributed by atoms with Crippen molar-refractivity contribution in [2.75, 3.05) is 0 Å². The smallest absolute Gasteiger partial charge is 0.261 e. The molecule has 0 aliphatic rings. The van der Waals surface area contributed by atoms with Gasteiger partial charge in [-0.2, -0.15) is 0 Å². The predicted octanol–water partition coefficient (Wildman–Crippen LogP) is 1.54. The number of benzene rings is 1. The van der Waals surface area contributed by atoms with Crippen LogP contribution in [0.3, 0.4) is 0 Å². The van der Waals surface area contributed by atoms with Gasteiger partial charge in [0.1, 0.15) is 0 Å². The summed E-state index contributed by atoms with van der Waals surface area (Å²) in [6.07, 6.45) is 0.712. The van der Waals surface area contributed by atoms with Crippen LogP contribution in [0.2, 0.25) is 0 Å². The summed E-state index contributed by atoms with van der Waals surface area (Å²) in [6.45, 7) is 7.88. The third kappa shape index (κ3) is 2.25. The average Bonchev–Trinajstić information content (AvgIpc) is 2.89. The quantitative estimate of drug-likeness (QED) is 0.728. The topological polar surface area (TPSA) is 78.1 Å².